The number of hydrogen-bond donors (Lipinski definition) is 1. The fourth-order valence-corrected chi connectivity index (χ4v) is 2.90. The molecule has 4 rings (SSSR count). The van der Waals surface area contributed by atoms with Crippen LogP contribution in [0.25, 0.3) is 33.4 Å². The zero-order valence-corrected chi connectivity index (χ0v) is 13.3. The molecule has 0 aliphatic heterocycles. The molecule has 4 nitrogen and oxygen atoms in total. The highest BCUT2D eigenvalue weighted by Gasteiger charge is 2.10. The van der Waals surface area contributed by atoms with Gasteiger partial charge in [-0.05, 0) is 23.3 Å². The first kappa shape index (κ1) is 15.0. The van der Waals surface area contributed by atoms with Gasteiger partial charge in [0.15, 0.2) is 0 Å². The highest BCUT2D eigenvalue weighted by molar-refractivity contribution is 5.95. The standard InChI is InChI=1S/C21H14N2O2/c24-12-14-1-5-16(6-2-14)19-11-20(23-21-18(19)9-10-22-21)17-7-3-15(13-25)4-8-17/h1-13H,(H,22,23). The number of nitrogens with zero attached hydrogens (tertiary/aromatic N) is 1. The minimum absolute atomic E-state index is 0.634. The van der Waals surface area contributed by atoms with E-state index in [0.29, 0.717) is 11.1 Å². The second-order valence-electron chi connectivity index (χ2n) is 5.77. The Hall–Kier alpha value is -3.53. The van der Waals surface area contributed by atoms with Crippen molar-refractivity contribution in [3.63, 3.8) is 0 Å². The SMILES string of the molecule is O=Cc1ccc(-c2cc(-c3ccc(C=O)cc3)c3cc[nH]c3n2)cc1. The Bertz CT molecular complexity index is 1060. The number of nitrogens with one attached hydrogen (secondary N) is 1. The van der Waals surface area contributed by atoms with Crippen molar-refractivity contribution < 1.29 is 9.59 Å². The Labute approximate surface area is 144 Å². The lowest BCUT2D eigenvalue weighted by molar-refractivity contribution is 0.111. The molecule has 0 unspecified atom stereocenters. The number of rotatable bonds is 4. The van der Waals surface area contributed by atoms with Crippen LogP contribution in [0, 0.1) is 0 Å². The summed E-state index contributed by atoms with van der Waals surface area (Å²) < 4.78 is 0. The summed E-state index contributed by atoms with van der Waals surface area (Å²) in [6.07, 6.45) is 3.52. The van der Waals surface area contributed by atoms with Crippen molar-refractivity contribution in [2.45, 2.75) is 0 Å². The van der Waals surface area contributed by atoms with Crippen LogP contribution in [0.5, 0.6) is 0 Å². The Morgan fingerprint density at radius 1 is 0.760 bits per heavy atom. The van der Waals surface area contributed by atoms with Crippen LogP contribution >= 0.6 is 0 Å². The molecule has 0 aliphatic carbocycles. The fourth-order valence-electron chi connectivity index (χ4n) is 2.90. The highest BCUT2D eigenvalue weighted by atomic mass is 16.1. The smallest absolute Gasteiger partial charge is 0.150 e. The molecule has 0 fully saturated rings. The van der Waals surface area contributed by atoms with Crippen LogP contribution in [-0.2, 0) is 0 Å². The predicted molar refractivity (Wildman–Crippen MR) is 97.7 cm³/mol. The van der Waals surface area contributed by atoms with Crippen LogP contribution in [0.15, 0.2) is 66.9 Å². The first-order chi connectivity index (χ1) is 12.3. The van der Waals surface area contributed by atoms with E-state index in [-0.39, 0.29) is 0 Å². The zero-order valence-electron chi connectivity index (χ0n) is 13.3. The number of carbonyl (C=O) groups is 2. The molecule has 1 N–H and O–H groups in total. The van der Waals surface area contributed by atoms with Crippen LogP contribution in [0.4, 0.5) is 0 Å². The van der Waals surface area contributed by atoms with E-state index in [1.54, 1.807) is 24.3 Å². The van der Waals surface area contributed by atoms with E-state index in [1.807, 2.05) is 42.6 Å². The van der Waals surface area contributed by atoms with Crippen LogP contribution in [0.2, 0.25) is 0 Å². The summed E-state index contributed by atoms with van der Waals surface area (Å²) in [6, 6.07) is 18.8. The second kappa shape index (κ2) is 6.17. The molecule has 120 valence electrons. The monoisotopic (exact) mass is 326 g/mol. The van der Waals surface area contributed by atoms with E-state index in [2.05, 4.69) is 9.97 Å². The average Bonchev–Trinajstić information content (AvgIpc) is 3.16. The van der Waals surface area contributed by atoms with E-state index in [4.69, 9.17) is 0 Å². The quantitative estimate of drug-likeness (QED) is 0.561. The summed E-state index contributed by atoms with van der Waals surface area (Å²) in [4.78, 5) is 29.6. The third kappa shape index (κ3) is 2.74. The molecule has 0 amide bonds. The molecule has 0 spiro atoms. The number of hydrogen-bond acceptors (Lipinski definition) is 3. The first-order valence-corrected chi connectivity index (χ1v) is 7.88. The Balaban J connectivity index is 1.88. The van der Waals surface area contributed by atoms with Gasteiger partial charge in [-0.1, -0.05) is 48.5 Å². The lowest BCUT2D eigenvalue weighted by Gasteiger charge is -2.08. The van der Waals surface area contributed by atoms with Gasteiger partial charge in [-0.3, -0.25) is 9.59 Å². The van der Waals surface area contributed by atoms with Gasteiger partial charge in [-0.2, -0.15) is 0 Å². The van der Waals surface area contributed by atoms with E-state index in [0.717, 1.165) is 46.0 Å². The molecule has 0 radical (unpaired) electrons. The van der Waals surface area contributed by atoms with Crippen molar-refractivity contribution in [2.75, 3.05) is 0 Å². The van der Waals surface area contributed by atoms with Crippen molar-refractivity contribution in [1.82, 2.24) is 9.97 Å². The van der Waals surface area contributed by atoms with E-state index in [1.165, 1.54) is 0 Å². The molecule has 2 aromatic carbocycles. The number of pyridine rings is 1. The molecule has 2 heterocycles. The van der Waals surface area contributed by atoms with Crippen molar-refractivity contribution in [3.8, 4) is 22.4 Å². The lowest BCUT2D eigenvalue weighted by Crippen LogP contribution is -1.90. The topological polar surface area (TPSA) is 62.8 Å². The van der Waals surface area contributed by atoms with Gasteiger partial charge in [0.1, 0.15) is 18.2 Å². The lowest BCUT2D eigenvalue weighted by atomic mass is 9.99. The average molecular weight is 326 g/mol. The summed E-state index contributed by atoms with van der Waals surface area (Å²) in [5.41, 5.74) is 5.89. The number of H-pyrrole nitrogens is 1. The van der Waals surface area contributed by atoms with Gasteiger partial charge in [0.2, 0.25) is 0 Å². The third-order valence-electron chi connectivity index (χ3n) is 4.23. The molecule has 0 aliphatic rings. The maximum atomic E-state index is 10.9. The van der Waals surface area contributed by atoms with Crippen LogP contribution in [0.3, 0.4) is 0 Å². The highest BCUT2D eigenvalue weighted by Crippen LogP contribution is 2.31. The van der Waals surface area contributed by atoms with Gasteiger partial charge in [0.25, 0.3) is 0 Å². The number of aldehydes is 2. The number of benzene rings is 2. The normalized spacial score (nSPS) is 10.7. The van der Waals surface area contributed by atoms with E-state index >= 15 is 0 Å². The first-order valence-electron chi connectivity index (χ1n) is 7.88. The fraction of sp³-hybridized carbons (Fsp3) is 0. The van der Waals surface area contributed by atoms with Gasteiger partial charge in [-0.25, -0.2) is 4.98 Å². The predicted octanol–water partition coefficient (Wildman–Crippen LogP) is 4.52. The Morgan fingerprint density at radius 2 is 1.36 bits per heavy atom. The van der Waals surface area contributed by atoms with Crippen molar-refractivity contribution >= 4 is 23.6 Å². The van der Waals surface area contributed by atoms with Gasteiger partial charge in [0.05, 0.1) is 5.69 Å². The Kier molecular flexibility index (Phi) is 3.71. The molecule has 4 heteroatoms. The number of aromatic amines is 1. The van der Waals surface area contributed by atoms with Crippen molar-refractivity contribution in [2.24, 2.45) is 0 Å². The summed E-state index contributed by atoms with van der Waals surface area (Å²) in [5, 5.41) is 1.02. The Morgan fingerprint density at radius 3 is 1.96 bits per heavy atom. The second-order valence-corrected chi connectivity index (χ2v) is 5.77. The van der Waals surface area contributed by atoms with Crippen molar-refractivity contribution in [3.05, 3.63) is 78.0 Å². The molecule has 0 saturated carbocycles. The van der Waals surface area contributed by atoms with Crippen LogP contribution in [0.1, 0.15) is 20.7 Å². The molecule has 2 aromatic heterocycles. The van der Waals surface area contributed by atoms with E-state index in [9.17, 15) is 9.59 Å². The number of aromatic nitrogens is 2. The van der Waals surface area contributed by atoms with Crippen LogP contribution in [-0.4, -0.2) is 22.5 Å². The zero-order chi connectivity index (χ0) is 17.2. The number of carbonyl (C=O) groups excluding carboxylic acids is 2. The summed E-state index contributed by atoms with van der Waals surface area (Å²) >= 11 is 0. The largest absolute Gasteiger partial charge is 0.346 e. The number of fused-ring (bicyclic) bond motifs is 1. The van der Waals surface area contributed by atoms with Gasteiger partial charge in [-0.15, -0.1) is 0 Å². The minimum atomic E-state index is 0.634. The van der Waals surface area contributed by atoms with Crippen LogP contribution < -0.4 is 0 Å². The van der Waals surface area contributed by atoms with Gasteiger partial charge in [0, 0.05) is 28.3 Å². The van der Waals surface area contributed by atoms with Crippen molar-refractivity contribution in [1.29, 1.82) is 0 Å². The van der Waals surface area contributed by atoms with E-state index < -0.39 is 0 Å². The van der Waals surface area contributed by atoms with Gasteiger partial charge >= 0.3 is 0 Å². The third-order valence-corrected chi connectivity index (χ3v) is 4.23. The summed E-state index contributed by atoms with van der Waals surface area (Å²) in [5.74, 6) is 0. The van der Waals surface area contributed by atoms with Gasteiger partial charge < -0.3 is 4.98 Å². The molecule has 0 saturated heterocycles. The molecular formula is C21H14N2O2. The molecule has 4 aromatic rings. The summed E-state index contributed by atoms with van der Waals surface area (Å²) in [7, 11) is 0. The molecule has 0 bridgehead atoms. The molecular weight excluding hydrogens is 312 g/mol. The molecule has 0 atom stereocenters. The maximum Gasteiger partial charge on any atom is 0.150 e. The summed E-state index contributed by atoms with van der Waals surface area (Å²) in [6.45, 7) is 0. The molecule has 25 heavy (non-hydrogen) atoms. The minimum Gasteiger partial charge on any atom is -0.346 e. The maximum absolute atomic E-state index is 10.9.